The molecule has 1 aromatic carbocycles. The van der Waals surface area contributed by atoms with Crippen LogP contribution < -0.4 is 10.6 Å². The van der Waals surface area contributed by atoms with Crippen molar-refractivity contribution < 1.29 is 4.79 Å². The van der Waals surface area contributed by atoms with E-state index in [4.69, 9.17) is 0 Å². The van der Waals surface area contributed by atoms with Crippen LogP contribution in [0.15, 0.2) is 48.8 Å². The third kappa shape index (κ3) is 3.35. The smallest absolute Gasteiger partial charge is 0.251 e. The molecular formula is C16H17N3O. The number of nitrogens with zero attached hydrogens (tertiary/aromatic N) is 1. The summed E-state index contributed by atoms with van der Waals surface area (Å²) in [4.78, 5) is 16.0. The molecule has 1 heterocycles. The van der Waals surface area contributed by atoms with Gasteiger partial charge in [0.1, 0.15) is 0 Å². The number of hydrogen-bond acceptors (Lipinski definition) is 3. The van der Waals surface area contributed by atoms with E-state index in [0.717, 1.165) is 30.6 Å². The second kappa shape index (κ2) is 5.74. The van der Waals surface area contributed by atoms with Crippen molar-refractivity contribution in [2.24, 2.45) is 0 Å². The monoisotopic (exact) mass is 267 g/mol. The normalized spacial score (nSPS) is 13.8. The van der Waals surface area contributed by atoms with Gasteiger partial charge in [-0.3, -0.25) is 9.78 Å². The molecule has 0 saturated heterocycles. The third-order valence-corrected chi connectivity index (χ3v) is 3.28. The molecule has 1 fully saturated rings. The predicted octanol–water partition coefficient (Wildman–Crippen LogP) is 2.59. The zero-order valence-corrected chi connectivity index (χ0v) is 11.2. The van der Waals surface area contributed by atoms with E-state index in [1.807, 2.05) is 36.4 Å². The van der Waals surface area contributed by atoms with Crippen LogP contribution in [0.25, 0.3) is 0 Å². The van der Waals surface area contributed by atoms with Gasteiger partial charge in [0, 0.05) is 36.2 Å². The first kappa shape index (κ1) is 12.7. The van der Waals surface area contributed by atoms with E-state index in [1.54, 1.807) is 12.4 Å². The molecule has 0 bridgehead atoms. The first-order valence-corrected chi connectivity index (χ1v) is 6.85. The van der Waals surface area contributed by atoms with Crippen LogP contribution in [0.5, 0.6) is 0 Å². The first-order valence-electron chi connectivity index (χ1n) is 6.85. The Kier molecular flexibility index (Phi) is 3.63. The number of amides is 1. The number of rotatable bonds is 5. The van der Waals surface area contributed by atoms with Crippen molar-refractivity contribution in [1.29, 1.82) is 0 Å². The quantitative estimate of drug-likeness (QED) is 0.875. The van der Waals surface area contributed by atoms with Gasteiger partial charge in [-0.2, -0.15) is 0 Å². The molecule has 0 radical (unpaired) electrons. The number of hydrogen-bond donors (Lipinski definition) is 2. The lowest BCUT2D eigenvalue weighted by molar-refractivity contribution is 0.0951. The van der Waals surface area contributed by atoms with E-state index >= 15 is 0 Å². The lowest BCUT2D eigenvalue weighted by atomic mass is 10.2. The summed E-state index contributed by atoms with van der Waals surface area (Å²) in [5, 5.41) is 6.31. The van der Waals surface area contributed by atoms with Gasteiger partial charge >= 0.3 is 0 Å². The van der Waals surface area contributed by atoms with Crippen LogP contribution in [-0.4, -0.2) is 16.9 Å². The molecule has 2 aromatic rings. The SMILES string of the molecule is O=C(NC1CC1)c1cccc(NCc2ccncc2)c1. The minimum absolute atomic E-state index is 0.0139. The van der Waals surface area contributed by atoms with Crippen LogP contribution in [0.4, 0.5) is 5.69 Å². The Morgan fingerprint density at radius 3 is 2.75 bits per heavy atom. The summed E-state index contributed by atoms with van der Waals surface area (Å²) in [5.41, 5.74) is 2.81. The summed E-state index contributed by atoms with van der Waals surface area (Å²) < 4.78 is 0. The van der Waals surface area contributed by atoms with Gasteiger partial charge in [0.05, 0.1) is 0 Å². The van der Waals surface area contributed by atoms with Crippen LogP contribution in [0.2, 0.25) is 0 Å². The van der Waals surface area contributed by atoms with Gasteiger partial charge < -0.3 is 10.6 Å². The van der Waals surface area contributed by atoms with Gasteiger partial charge in [-0.05, 0) is 48.7 Å². The summed E-state index contributed by atoms with van der Waals surface area (Å²) in [6, 6.07) is 11.9. The zero-order valence-electron chi connectivity index (χ0n) is 11.2. The van der Waals surface area contributed by atoms with Crippen molar-refractivity contribution in [3.8, 4) is 0 Å². The molecule has 1 amide bonds. The maximum atomic E-state index is 12.0. The van der Waals surface area contributed by atoms with Gasteiger partial charge in [-0.15, -0.1) is 0 Å². The first-order chi connectivity index (χ1) is 9.81. The van der Waals surface area contributed by atoms with Crippen molar-refractivity contribution in [3.63, 3.8) is 0 Å². The van der Waals surface area contributed by atoms with Gasteiger partial charge in [0.25, 0.3) is 5.91 Å². The van der Waals surface area contributed by atoms with Gasteiger partial charge in [0.2, 0.25) is 0 Å². The average Bonchev–Trinajstić information content (AvgIpc) is 3.30. The largest absolute Gasteiger partial charge is 0.381 e. The van der Waals surface area contributed by atoms with Crippen molar-refractivity contribution in [3.05, 3.63) is 59.9 Å². The van der Waals surface area contributed by atoms with Crippen LogP contribution >= 0.6 is 0 Å². The molecule has 4 heteroatoms. The molecule has 1 aromatic heterocycles. The number of pyridine rings is 1. The molecule has 4 nitrogen and oxygen atoms in total. The molecule has 20 heavy (non-hydrogen) atoms. The van der Waals surface area contributed by atoms with Crippen LogP contribution in [0.3, 0.4) is 0 Å². The summed E-state index contributed by atoms with van der Waals surface area (Å²) >= 11 is 0. The highest BCUT2D eigenvalue weighted by atomic mass is 16.1. The highest BCUT2D eigenvalue weighted by Gasteiger charge is 2.23. The van der Waals surface area contributed by atoms with E-state index in [1.165, 1.54) is 0 Å². The van der Waals surface area contributed by atoms with Crippen molar-refractivity contribution >= 4 is 11.6 Å². The van der Waals surface area contributed by atoms with Crippen molar-refractivity contribution in [1.82, 2.24) is 10.3 Å². The van der Waals surface area contributed by atoms with Gasteiger partial charge in [-0.25, -0.2) is 0 Å². The van der Waals surface area contributed by atoms with Crippen LogP contribution in [-0.2, 0) is 6.54 Å². The van der Waals surface area contributed by atoms with E-state index in [9.17, 15) is 4.79 Å². The number of anilines is 1. The second-order valence-corrected chi connectivity index (χ2v) is 5.04. The Morgan fingerprint density at radius 2 is 2.00 bits per heavy atom. The van der Waals surface area contributed by atoms with Crippen molar-refractivity contribution in [2.75, 3.05) is 5.32 Å². The van der Waals surface area contributed by atoms with Gasteiger partial charge in [-0.1, -0.05) is 6.07 Å². The summed E-state index contributed by atoms with van der Waals surface area (Å²) in [6.07, 6.45) is 5.75. The topological polar surface area (TPSA) is 54.0 Å². The van der Waals surface area contributed by atoms with E-state index < -0.39 is 0 Å². The standard InChI is InChI=1S/C16H17N3O/c20-16(19-14-4-5-14)13-2-1-3-15(10-13)18-11-12-6-8-17-9-7-12/h1-3,6-10,14,18H,4-5,11H2,(H,19,20). The maximum Gasteiger partial charge on any atom is 0.251 e. The average molecular weight is 267 g/mol. The van der Waals surface area contributed by atoms with Crippen LogP contribution in [0, 0.1) is 0 Å². The van der Waals surface area contributed by atoms with Crippen LogP contribution in [0.1, 0.15) is 28.8 Å². The minimum atomic E-state index is 0.0139. The molecule has 2 N–H and O–H groups in total. The molecule has 1 aliphatic rings. The molecule has 0 aliphatic heterocycles. The molecule has 102 valence electrons. The summed E-state index contributed by atoms with van der Waals surface area (Å²) in [5.74, 6) is 0.0139. The number of carbonyl (C=O) groups excluding carboxylic acids is 1. The zero-order chi connectivity index (χ0) is 13.8. The van der Waals surface area contributed by atoms with E-state index in [-0.39, 0.29) is 5.91 Å². The number of benzene rings is 1. The molecule has 3 rings (SSSR count). The number of nitrogens with one attached hydrogen (secondary N) is 2. The molecule has 0 unspecified atom stereocenters. The Hall–Kier alpha value is -2.36. The molecule has 0 spiro atoms. The lowest BCUT2D eigenvalue weighted by Crippen LogP contribution is -2.25. The summed E-state index contributed by atoms with van der Waals surface area (Å²) in [6.45, 7) is 0.718. The second-order valence-electron chi connectivity index (χ2n) is 5.04. The highest BCUT2D eigenvalue weighted by molar-refractivity contribution is 5.95. The fourth-order valence-corrected chi connectivity index (χ4v) is 1.97. The fourth-order valence-electron chi connectivity index (χ4n) is 1.97. The Bertz CT molecular complexity index is 594. The molecule has 0 atom stereocenters. The van der Waals surface area contributed by atoms with E-state index in [2.05, 4.69) is 15.6 Å². The summed E-state index contributed by atoms with van der Waals surface area (Å²) in [7, 11) is 0. The third-order valence-electron chi connectivity index (χ3n) is 3.28. The predicted molar refractivity (Wildman–Crippen MR) is 78.5 cm³/mol. The number of carbonyl (C=O) groups is 1. The number of aromatic nitrogens is 1. The van der Waals surface area contributed by atoms with E-state index in [0.29, 0.717) is 11.6 Å². The Morgan fingerprint density at radius 1 is 1.20 bits per heavy atom. The van der Waals surface area contributed by atoms with Crippen molar-refractivity contribution in [2.45, 2.75) is 25.4 Å². The minimum Gasteiger partial charge on any atom is -0.381 e. The highest BCUT2D eigenvalue weighted by Crippen LogP contribution is 2.20. The fraction of sp³-hybridized carbons (Fsp3) is 0.250. The Balaban J connectivity index is 1.63. The maximum absolute atomic E-state index is 12.0. The molecule has 1 saturated carbocycles. The Labute approximate surface area is 118 Å². The van der Waals surface area contributed by atoms with Gasteiger partial charge in [0.15, 0.2) is 0 Å². The molecule has 1 aliphatic carbocycles. The lowest BCUT2D eigenvalue weighted by Gasteiger charge is -2.08. The molecular weight excluding hydrogens is 250 g/mol.